The molecule has 1 aliphatic carbocycles. The van der Waals surface area contributed by atoms with E-state index in [9.17, 15) is 4.21 Å². The van der Waals surface area contributed by atoms with Crippen LogP contribution in [0.1, 0.15) is 48.4 Å². The molecule has 0 saturated heterocycles. The minimum absolute atomic E-state index is 0.210. The van der Waals surface area contributed by atoms with E-state index >= 15 is 0 Å². The number of nitrogens with one attached hydrogen (secondary N) is 1. The first-order valence-corrected chi connectivity index (χ1v) is 8.61. The fraction of sp³-hybridized carbons (Fsp3) is 0.625. The Morgan fingerprint density at radius 3 is 2.63 bits per heavy atom. The number of rotatable bonds is 5. The highest BCUT2D eigenvalue weighted by atomic mass is 32.2. The summed E-state index contributed by atoms with van der Waals surface area (Å²) in [5.41, 5.74) is 3.86. The number of aryl methyl sites for hydroxylation is 2. The van der Waals surface area contributed by atoms with Crippen LogP contribution in [0.3, 0.4) is 0 Å². The third kappa shape index (κ3) is 3.67. The van der Waals surface area contributed by atoms with Crippen molar-refractivity contribution in [1.29, 1.82) is 0 Å². The van der Waals surface area contributed by atoms with Gasteiger partial charge in [0.1, 0.15) is 0 Å². The van der Waals surface area contributed by atoms with Crippen molar-refractivity contribution in [2.75, 3.05) is 12.8 Å². The Labute approximate surface area is 119 Å². The minimum Gasteiger partial charge on any atom is -0.312 e. The summed E-state index contributed by atoms with van der Waals surface area (Å²) in [5, 5.41) is 3.78. The fourth-order valence-electron chi connectivity index (χ4n) is 2.92. The van der Waals surface area contributed by atoms with Crippen molar-refractivity contribution >= 4 is 10.8 Å². The molecule has 19 heavy (non-hydrogen) atoms. The Morgan fingerprint density at radius 1 is 1.32 bits per heavy atom. The lowest BCUT2D eigenvalue weighted by molar-refractivity contribution is 0.624. The molecule has 0 spiro atoms. The molecule has 0 amide bonds. The largest absolute Gasteiger partial charge is 0.312 e. The van der Waals surface area contributed by atoms with Crippen LogP contribution in [0.25, 0.3) is 0 Å². The van der Waals surface area contributed by atoms with Gasteiger partial charge < -0.3 is 5.32 Å². The van der Waals surface area contributed by atoms with E-state index < -0.39 is 10.8 Å². The van der Waals surface area contributed by atoms with Gasteiger partial charge in [0.25, 0.3) is 0 Å². The maximum atomic E-state index is 12.5. The zero-order valence-electron chi connectivity index (χ0n) is 12.2. The minimum atomic E-state index is -0.703. The molecule has 0 heterocycles. The van der Waals surface area contributed by atoms with Gasteiger partial charge in [-0.1, -0.05) is 36.6 Å². The summed E-state index contributed by atoms with van der Waals surface area (Å²) in [4.78, 5) is 0. The Bertz CT molecular complexity index is 452. The third-order valence-corrected chi connectivity index (χ3v) is 6.04. The first-order chi connectivity index (χ1) is 9.11. The van der Waals surface area contributed by atoms with Gasteiger partial charge in [0.15, 0.2) is 0 Å². The maximum absolute atomic E-state index is 12.5. The summed E-state index contributed by atoms with van der Waals surface area (Å²) in [6, 6.07) is 6.73. The normalized spacial score (nSPS) is 19.5. The molecule has 2 rings (SSSR count). The molecule has 1 fully saturated rings. The van der Waals surface area contributed by atoms with E-state index in [-0.39, 0.29) is 6.04 Å². The monoisotopic (exact) mass is 279 g/mol. The molecular weight excluding hydrogens is 254 g/mol. The molecule has 106 valence electrons. The van der Waals surface area contributed by atoms with Crippen LogP contribution in [0.2, 0.25) is 0 Å². The summed E-state index contributed by atoms with van der Waals surface area (Å²) < 4.78 is 12.5. The van der Waals surface area contributed by atoms with E-state index in [2.05, 4.69) is 37.4 Å². The zero-order valence-corrected chi connectivity index (χ0v) is 13.1. The average molecular weight is 279 g/mol. The van der Waals surface area contributed by atoms with Crippen LogP contribution in [0, 0.1) is 13.8 Å². The summed E-state index contributed by atoms with van der Waals surface area (Å²) >= 11 is 0. The van der Waals surface area contributed by atoms with Crippen LogP contribution in [0.4, 0.5) is 0 Å². The van der Waals surface area contributed by atoms with Crippen molar-refractivity contribution < 1.29 is 4.21 Å². The van der Waals surface area contributed by atoms with E-state index in [0.717, 1.165) is 18.6 Å². The molecule has 2 unspecified atom stereocenters. The lowest BCUT2D eigenvalue weighted by atomic mass is 10.0. The van der Waals surface area contributed by atoms with Crippen LogP contribution in [-0.2, 0) is 10.8 Å². The molecule has 2 atom stereocenters. The molecule has 0 aromatic heterocycles. The molecule has 1 saturated carbocycles. The molecule has 1 aromatic rings. The average Bonchev–Trinajstić information content (AvgIpc) is 2.93. The molecule has 0 aliphatic heterocycles. The predicted molar refractivity (Wildman–Crippen MR) is 83.0 cm³/mol. The molecule has 2 nitrogen and oxygen atoms in total. The lowest BCUT2D eigenvalue weighted by Gasteiger charge is -2.21. The first kappa shape index (κ1) is 14.7. The van der Waals surface area contributed by atoms with Crippen molar-refractivity contribution in [3.8, 4) is 0 Å². The van der Waals surface area contributed by atoms with Crippen molar-refractivity contribution in [3.63, 3.8) is 0 Å². The fourth-order valence-corrected chi connectivity index (χ4v) is 4.72. The molecule has 1 aliphatic rings. The van der Waals surface area contributed by atoms with Crippen molar-refractivity contribution in [2.24, 2.45) is 0 Å². The summed E-state index contributed by atoms with van der Waals surface area (Å²) in [5.74, 6) is 0.742. The van der Waals surface area contributed by atoms with Crippen LogP contribution >= 0.6 is 0 Å². The highest BCUT2D eigenvalue weighted by Gasteiger charge is 2.24. The third-order valence-electron chi connectivity index (χ3n) is 4.16. The van der Waals surface area contributed by atoms with Crippen molar-refractivity contribution in [3.05, 3.63) is 34.9 Å². The van der Waals surface area contributed by atoms with Gasteiger partial charge in [-0.05, 0) is 44.9 Å². The second-order valence-corrected chi connectivity index (χ2v) is 7.42. The molecule has 0 radical (unpaired) electrons. The van der Waals surface area contributed by atoms with Gasteiger partial charge >= 0.3 is 0 Å². The smallest absolute Gasteiger partial charge is 0.0437 e. The second kappa shape index (κ2) is 6.67. The van der Waals surface area contributed by atoms with Gasteiger partial charge in [-0.15, -0.1) is 0 Å². The summed E-state index contributed by atoms with van der Waals surface area (Å²) in [6.45, 7) is 4.25. The maximum Gasteiger partial charge on any atom is 0.0437 e. The van der Waals surface area contributed by atoms with Gasteiger partial charge in [0.05, 0.1) is 0 Å². The van der Waals surface area contributed by atoms with Crippen molar-refractivity contribution in [2.45, 2.75) is 50.8 Å². The van der Waals surface area contributed by atoms with E-state index in [1.54, 1.807) is 0 Å². The van der Waals surface area contributed by atoms with Gasteiger partial charge in [0.2, 0.25) is 0 Å². The SMILES string of the molecule is CNC(CS(=O)C1CCCC1)c1cc(C)ccc1C. The van der Waals surface area contributed by atoms with Gasteiger partial charge in [-0.2, -0.15) is 0 Å². The van der Waals surface area contributed by atoms with E-state index in [1.165, 1.54) is 29.5 Å². The molecular formula is C16H25NOS. The Hall–Kier alpha value is -0.670. The van der Waals surface area contributed by atoms with Crippen LogP contribution in [-0.4, -0.2) is 22.3 Å². The Morgan fingerprint density at radius 2 is 2.00 bits per heavy atom. The van der Waals surface area contributed by atoms with Gasteiger partial charge in [0, 0.05) is 27.8 Å². The number of hydrogen-bond acceptors (Lipinski definition) is 2. The van der Waals surface area contributed by atoms with E-state index in [4.69, 9.17) is 0 Å². The second-order valence-electron chi connectivity index (χ2n) is 5.66. The Balaban J connectivity index is 2.10. The lowest BCUT2D eigenvalue weighted by Crippen LogP contribution is -2.27. The van der Waals surface area contributed by atoms with Crippen LogP contribution in [0.15, 0.2) is 18.2 Å². The van der Waals surface area contributed by atoms with Crippen LogP contribution in [0.5, 0.6) is 0 Å². The predicted octanol–water partition coefficient (Wildman–Crippen LogP) is 3.26. The molecule has 0 bridgehead atoms. The highest BCUT2D eigenvalue weighted by molar-refractivity contribution is 7.85. The van der Waals surface area contributed by atoms with Gasteiger partial charge in [-0.25, -0.2) is 0 Å². The highest BCUT2D eigenvalue weighted by Crippen LogP contribution is 2.26. The van der Waals surface area contributed by atoms with Crippen molar-refractivity contribution in [1.82, 2.24) is 5.32 Å². The van der Waals surface area contributed by atoms with Crippen LogP contribution < -0.4 is 5.32 Å². The van der Waals surface area contributed by atoms with E-state index in [0.29, 0.717) is 5.25 Å². The van der Waals surface area contributed by atoms with E-state index in [1.807, 2.05) is 7.05 Å². The summed E-state index contributed by atoms with van der Waals surface area (Å²) in [7, 11) is 1.27. The topological polar surface area (TPSA) is 29.1 Å². The van der Waals surface area contributed by atoms with Gasteiger partial charge in [-0.3, -0.25) is 4.21 Å². The number of hydrogen-bond donors (Lipinski definition) is 1. The Kier molecular flexibility index (Phi) is 5.17. The summed E-state index contributed by atoms with van der Waals surface area (Å²) in [6.07, 6.45) is 4.81. The first-order valence-electron chi connectivity index (χ1n) is 7.23. The quantitative estimate of drug-likeness (QED) is 0.896. The zero-order chi connectivity index (χ0) is 13.8. The molecule has 1 aromatic carbocycles. The number of benzene rings is 1. The standard InChI is InChI=1S/C16H25NOS/c1-12-8-9-13(2)15(10-12)16(17-3)11-19(18)14-6-4-5-7-14/h8-10,14,16-17H,4-7,11H2,1-3H3. The molecule has 3 heteroatoms. The molecule has 1 N–H and O–H groups in total.